The molecule has 0 bridgehead atoms. The van der Waals surface area contributed by atoms with Gasteiger partial charge in [0, 0.05) is 18.5 Å². The highest BCUT2D eigenvalue weighted by Crippen LogP contribution is 2.35. The van der Waals surface area contributed by atoms with Gasteiger partial charge in [0.15, 0.2) is 5.82 Å². The Bertz CT molecular complexity index is 1030. The highest BCUT2D eigenvalue weighted by atomic mass is 35.5. The van der Waals surface area contributed by atoms with Gasteiger partial charge in [-0.1, -0.05) is 40.5 Å². The Kier molecular flexibility index (Phi) is 4.44. The van der Waals surface area contributed by atoms with Crippen LogP contribution >= 0.6 is 11.6 Å². The van der Waals surface area contributed by atoms with Crippen LogP contribution in [-0.2, 0) is 4.79 Å². The fourth-order valence-corrected chi connectivity index (χ4v) is 3.46. The average molecular weight is 386 g/mol. The predicted molar refractivity (Wildman–Crippen MR) is 100 cm³/mol. The van der Waals surface area contributed by atoms with Crippen molar-refractivity contribution in [1.82, 2.24) is 10.1 Å². The number of benzene rings is 2. The van der Waals surface area contributed by atoms with Crippen molar-refractivity contribution in [3.8, 4) is 11.4 Å². The number of carbonyl (C=O) groups excluding carboxylic acids is 1. The third-order valence-electron chi connectivity index (χ3n) is 4.77. The minimum Gasteiger partial charge on any atom is -0.339 e. The maximum atomic E-state index is 14.3. The normalized spacial score (nSPS) is 17.0. The zero-order valence-electron chi connectivity index (χ0n) is 14.9. The van der Waals surface area contributed by atoms with E-state index in [1.165, 1.54) is 17.0 Å². The number of nitrogens with zero attached hydrogens (tertiary/aromatic N) is 3. The van der Waals surface area contributed by atoms with E-state index in [2.05, 4.69) is 10.1 Å². The van der Waals surface area contributed by atoms with Crippen molar-refractivity contribution in [1.29, 1.82) is 0 Å². The molecule has 2 aromatic carbocycles. The Morgan fingerprint density at radius 1 is 1.26 bits per heavy atom. The van der Waals surface area contributed by atoms with Crippen molar-refractivity contribution >= 4 is 23.2 Å². The molecule has 0 spiro atoms. The molecule has 0 radical (unpaired) electrons. The summed E-state index contributed by atoms with van der Waals surface area (Å²) >= 11 is 5.84. The molecule has 1 aliphatic rings. The third-order valence-corrected chi connectivity index (χ3v) is 5.06. The molecule has 0 saturated carbocycles. The number of hydrogen-bond donors (Lipinski definition) is 0. The summed E-state index contributed by atoms with van der Waals surface area (Å²) in [6, 6.07) is 10.6. The van der Waals surface area contributed by atoms with Crippen molar-refractivity contribution in [3.05, 3.63) is 64.3 Å². The summed E-state index contributed by atoms with van der Waals surface area (Å²) in [6.45, 7) is 4.25. The number of amides is 1. The Morgan fingerprint density at radius 2 is 2.07 bits per heavy atom. The molecule has 1 aliphatic heterocycles. The van der Waals surface area contributed by atoms with Crippen LogP contribution in [-0.4, -0.2) is 22.6 Å². The molecule has 3 aromatic rings. The van der Waals surface area contributed by atoms with Gasteiger partial charge in [0.25, 0.3) is 0 Å². The summed E-state index contributed by atoms with van der Waals surface area (Å²) in [5, 5.41) is 4.06. The van der Waals surface area contributed by atoms with Crippen molar-refractivity contribution < 1.29 is 13.7 Å². The molecule has 1 atom stereocenters. The summed E-state index contributed by atoms with van der Waals surface area (Å²) in [4.78, 5) is 18.3. The molecule has 2 heterocycles. The smallest absolute Gasteiger partial charge is 0.232 e. The zero-order valence-corrected chi connectivity index (χ0v) is 15.6. The first-order valence-corrected chi connectivity index (χ1v) is 8.97. The van der Waals surface area contributed by atoms with Crippen LogP contribution in [0.1, 0.15) is 29.4 Å². The Morgan fingerprint density at radius 3 is 2.89 bits per heavy atom. The number of halogens is 2. The van der Waals surface area contributed by atoms with E-state index in [4.69, 9.17) is 16.1 Å². The van der Waals surface area contributed by atoms with Crippen LogP contribution in [0.25, 0.3) is 11.4 Å². The van der Waals surface area contributed by atoms with Gasteiger partial charge < -0.3 is 9.42 Å². The second-order valence-corrected chi connectivity index (χ2v) is 7.16. The van der Waals surface area contributed by atoms with Gasteiger partial charge in [-0.05, 0) is 37.6 Å². The summed E-state index contributed by atoms with van der Waals surface area (Å²) < 4.78 is 19.7. The number of rotatable bonds is 3. The SMILES string of the molecule is Cc1ccc(C)c(-c2noc(C3CC(=O)N(c4cccc(Cl)c4F)C3)n2)c1. The molecular formula is C20H17ClFN3O2. The van der Waals surface area contributed by atoms with Crippen LogP contribution in [0, 0.1) is 19.7 Å². The van der Waals surface area contributed by atoms with E-state index >= 15 is 0 Å². The number of carbonyl (C=O) groups is 1. The fourth-order valence-electron chi connectivity index (χ4n) is 3.29. The van der Waals surface area contributed by atoms with Gasteiger partial charge in [-0.15, -0.1) is 0 Å². The lowest BCUT2D eigenvalue weighted by molar-refractivity contribution is -0.117. The minimum atomic E-state index is -0.602. The molecule has 27 heavy (non-hydrogen) atoms. The first-order chi connectivity index (χ1) is 12.9. The zero-order chi connectivity index (χ0) is 19.1. The summed E-state index contributed by atoms with van der Waals surface area (Å²) in [6.07, 6.45) is 0.181. The summed E-state index contributed by atoms with van der Waals surface area (Å²) in [5.41, 5.74) is 3.20. The van der Waals surface area contributed by atoms with Crippen LogP contribution in [0.2, 0.25) is 5.02 Å². The first-order valence-electron chi connectivity index (χ1n) is 8.59. The second kappa shape index (κ2) is 6.78. The fraction of sp³-hybridized carbons (Fsp3) is 0.250. The van der Waals surface area contributed by atoms with E-state index in [0.29, 0.717) is 11.7 Å². The highest BCUT2D eigenvalue weighted by Gasteiger charge is 2.36. The van der Waals surface area contributed by atoms with Crippen LogP contribution < -0.4 is 4.90 Å². The first kappa shape index (κ1) is 17.7. The molecule has 5 nitrogen and oxygen atoms in total. The van der Waals surface area contributed by atoms with Crippen molar-refractivity contribution in [2.24, 2.45) is 0 Å². The summed E-state index contributed by atoms with van der Waals surface area (Å²) in [7, 11) is 0. The van der Waals surface area contributed by atoms with E-state index in [1.807, 2.05) is 32.0 Å². The lowest BCUT2D eigenvalue weighted by Crippen LogP contribution is -2.25. The number of anilines is 1. The molecular weight excluding hydrogens is 369 g/mol. The molecule has 0 aliphatic carbocycles. The quantitative estimate of drug-likeness (QED) is 0.657. The van der Waals surface area contributed by atoms with E-state index in [-0.39, 0.29) is 35.5 Å². The molecule has 0 N–H and O–H groups in total. The van der Waals surface area contributed by atoms with Gasteiger partial charge in [0.1, 0.15) is 0 Å². The van der Waals surface area contributed by atoms with Crippen molar-refractivity contribution in [3.63, 3.8) is 0 Å². The Balaban J connectivity index is 1.61. The molecule has 138 valence electrons. The van der Waals surface area contributed by atoms with Crippen molar-refractivity contribution in [2.75, 3.05) is 11.4 Å². The maximum Gasteiger partial charge on any atom is 0.232 e. The van der Waals surface area contributed by atoms with Gasteiger partial charge >= 0.3 is 0 Å². The lowest BCUT2D eigenvalue weighted by Gasteiger charge is -2.17. The average Bonchev–Trinajstić information content (AvgIpc) is 3.26. The van der Waals surface area contributed by atoms with Gasteiger partial charge in [-0.2, -0.15) is 4.98 Å². The van der Waals surface area contributed by atoms with Gasteiger partial charge in [-0.25, -0.2) is 4.39 Å². The number of hydrogen-bond acceptors (Lipinski definition) is 4. The van der Waals surface area contributed by atoms with Crippen LogP contribution in [0.4, 0.5) is 10.1 Å². The largest absolute Gasteiger partial charge is 0.339 e. The van der Waals surface area contributed by atoms with Crippen LogP contribution in [0.5, 0.6) is 0 Å². The lowest BCUT2D eigenvalue weighted by atomic mass is 10.1. The highest BCUT2D eigenvalue weighted by molar-refractivity contribution is 6.31. The van der Waals surface area contributed by atoms with Gasteiger partial charge in [-0.3, -0.25) is 4.79 Å². The summed E-state index contributed by atoms with van der Waals surface area (Å²) in [5.74, 6) is -0.222. The molecule has 1 saturated heterocycles. The third kappa shape index (κ3) is 3.21. The van der Waals surface area contributed by atoms with Crippen LogP contribution in [0.3, 0.4) is 0 Å². The molecule has 1 amide bonds. The standard InChI is InChI=1S/C20H17ClFN3O2/c1-11-6-7-12(2)14(8-11)19-23-20(27-24-19)13-9-17(26)25(10-13)16-5-3-4-15(21)18(16)22/h3-8,13H,9-10H2,1-2H3. The molecule has 1 unspecified atom stereocenters. The van der Waals surface area contributed by atoms with Crippen molar-refractivity contribution in [2.45, 2.75) is 26.2 Å². The molecule has 4 rings (SSSR count). The van der Waals surface area contributed by atoms with E-state index in [0.717, 1.165) is 16.7 Å². The van der Waals surface area contributed by atoms with Gasteiger partial charge in [0.05, 0.1) is 16.6 Å². The molecule has 1 fully saturated rings. The molecule has 1 aromatic heterocycles. The van der Waals surface area contributed by atoms with E-state index in [9.17, 15) is 9.18 Å². The molecule has 7 heteroatoms. The van der Waals surface area contributed by atoms with Gasteiger partial charge in [0.2, 0.25) is 17.6 Å². The number of aryl methyl sites for hydroxylation is 2. The minimum absolute atomic E-state index is 0.0150. The topological polar surface area (TPSA) is 59.2 Å². The Labute approximate surface area is 160 Å². The second-order valence-electron chi connectivity index (χ2n) is 6.75. The Hall–Kier alpha value is -2.73. The maximum absolute atomic E-state index is 14.3. The van der Waals surface area contributed by atoms with E-state index < -0.39 is 5.82 Å². The van der Waals surface area contributed by atoms with E-state index in [1.54, 1.807) is 6.07 Å². The van der Waals surface area contributed by atoms with Crippen LogP contribution in [0.15, 0.2) is 40.9 Å². The predicted octanol–water partition coefficient (Wildman–Crippen LogP) is 4.67. The number of aromatic nitrogens is 2. The monoisotopic (exact) mass is 385 g/mol.